The first kappa shape index (κ1) is 29.9. The van der Waals surface area contributed by atoms with E-state index >= 15 is 0 Å². The quantitative estimate of drug-likeness (QED) is 0.175. The molecule has 8 aromatic carbocycles. The number of nitrogens with zero attached hydrogens (tertiary/aromatic N) is 1. The maximum atomic E-state index is 2.48. The van der Waals surface area contributed by atoms with Gasteiger partial charge in [-0.3, -0.25) is 0 Å². The topological polar surface area (TPSA) is 3.24 Å². The van der Waals surface area contributed by atoms with E-state index in [4.69, 9.17) is 0 Å². The smallest absolute Gasteiger partial charge is 0.0508 e. The van der Waals surface area contributed by atoms with E-state index in [1.165, 1.54) is 72.1 Å². The van der Waals surface area contributed by atoms with Crippen molar-refractivity contribution in [2.24, 2.45) is 0 Å². The van der Waals surface area contributed by atoms with Gasteiger partial charge in [0, 0.05) is 16.8 Å². The Hall–Kier alpha value is -6.18. The highest BCUT2D eigenvalue weighted by atomic mass is 15.1. The van der Waals surface area contributed by atoms with Gasteiger partial charge >= 0.3 is 0 Å². The van der Waals surface area contributed by atoms with Crippen LogP contribution in [0.2, 0.25) is 0 Å². The molecule has 50 heavy (non-hydrogen) atoms. The van der Waals surface area contributed by atoms with Crippen LogP contribution in [0, 0.1) is 0 Å². The molecule has 8 aromatic rings. The molecule has 9 rings (SSSR count). The van der Waals surface area contributed by atoms with Crippen LogP contribution in [-0.2, 0) is 5.41 Å². The number of benzene rings is 8. The first-order chi connectivity index (χ1) is 24.6. The second-order valence-electron chi connectivity index (χ2n) is 13.8. The maximum Gasteiger partial charge on any atom is 0.0508 e. The number of hydrogen-bond acceptors (Lipinski definition) is 1. The Morgan fingerprint density at radius 3 is 1.70 bits per heavy atom. The number of hydrogen-bond donors (Lipinski definition) is 0. The van der Waals surface area contributed by atoms with Crippen molar-refractivity contribution in [3.8, 4) is 44.5 Å². The summed E-state index contributed by atoms with van der Waals surface area (Å²) in [6.45, 7) is 4.74. The van der Waals surface area contributed by atoms with E-state index in [2.05, 4.69) is 207 Å². The van der Waals surface area contributed by atoms with Gasteiger partial charge in [0.1, 0.15) is 0 Å². The molecule has 0 fully saturated rings. The largest absolute Gasteiger partial charge is 0.310 e. The molecule has 0 heterocycles. The van der Waals surface area contributed by atoms with Crippen LogP contribution in [0.5, 0.6) is 0 Å². The van der Waals surface area contributed by atoms with Crippen LogP contribution < -0.4 is 4.90 Å². The molecule has 1 nitrogen and oxygen atoms in total. The van der Waals surface area contributed by atoms with E-state index in [-0.39, 0.29) is 5.41 Å². The Balaban J connectivity index is 1.22. The zero-order valence-electron chi connectivity index (χ0n) is 28.3. The summed E-state index contributed by atoms with van der Waals surface area (Å²) in [4.78, 5) is 2.48. The number of fused-ring (bicyclic) bond motifs is 4. The van der Waals surface area contributed by atoms with Crippen molar-refractivity contribution in [3.63, 3.8) is 0 Å². The lowest BCUT2D eigenvalue weighted by Crippen LogP contribution is -2.20. The molecule has 0 saturated heterocycles. The van der Waals surface area contributed by atoms with Crippen molar-refractivity contribution >= 4 is 27.8 Å². The summed E-state index contributed by atoms with van der Waals surface area (Å²) in [6, 6.07) is 68.6. The molecule has 0 radical (unpaired) electrons. The van der Waals surface area contributed by atoms with E-state index in [9.17, 15) is 0 Å². The lowest BCUT2D eigenvalue weighted by Gasteiger charge is -2.32. The van der Waals surface area contributed by atoms with Gasteiger partial charge in [-0.1, -0.05) is 172 Å². The maximum absolute atomic E-state index is 2.48. The van der Waals surface area contributed by atoms with Crippen LogP contribution in [0.1, 0.15) is 25.0 Å². The molecule has 1 aliphatic carbocycles. The van der Waals surface area contributed by atoms with Crippen molar-refractivity contribution in [1.82, 2.24) is 0 Å². The monoisotopic (exact) mass is 639 g/mol. The van der Waals surface area contributed by atoms with Crippen LogP contribution in [0.4, 0.5) is 17.1 Å². The molecule has 0 atom stereocenters. The van der Waals surface area contributed by atoms with Crippen molar-refractivity contribution < 1.29 is 0 Å². The van der Waals surface area contributed by atoms with Gasteiger partial charge in [-0.25, -0.2) is 0 Å². The molecule has 0 unspecified atom stereocenters. The van der Waals surface area contributed by atoms with E-state index in [0.29, 0.717) is 0 Å². The molecule has 1 aliphatic rings. The summed E-state index contributed by atoms with van der Waals surface area (Å²) in [5.74, 6) is 0. The molecule has 0 aromatic heterocycles. The Labute approximate surface area is 294 Å². The second kappa shape index (κ2) is 12.1. The lowest BCUT2D eigenvalue weighted by molar-refractivity contribution is 0.661. The molecule has 0 aliphatic heterocycles. The van der Waals surface area contributed by atoms with Crippen LogP contribution >= 0.6 is 0 Å². The van der Waals surface area contributed by atoms with Gasteiger partial charge in [0.25, 0.3) is 0 Å². The molecular weight excluding hydrogens is 603 g/mol. The summed E-state index contributed by atoms with van der Waals surface area (Å²) < 4.78 is 0. The van der Waals surface area contributed by atoms with Crippen LogP contribution in [0.15, 0.2) is 188 Å². The number of rotatable bonds is 6. The van der Waals surface area contributed by atoms with Crippen molar-refractivity contribution in [3.05, 3.63) is 199 Å². The summed E-state index contributed by atoms with van der Waals surface area (Å²) in [6.07, 6.45) is 0. The average molecular weight is 640 g/mol. The molecule has 0 spiro atoms. The van der Waals surface area contributed by atoms with Gasteiger partial charge in [-0.2, -0.15) is 0 Å². The third-order valence-corrected chi connectivity index (χ3v) is 10.4. The molecule has 0 amide bonds. The molecular formula is C49H37N. The normalized spacial score (nSPS) is 12.8. The van der Waals surface area contributed by atoms with E-state index in [1.807, 2.05) is 0 Å². The first-order valence-electron chi connectivity index (χ1n) is 17.4. The highest BCUT2D eigenvalue weighted by molar-refractivity contribution is 5.98. The van der Waals surface area contributed by atoms with Gasteiger partial charge in [-0.15, -0.1) is 0 Å². The van der Waals surface area contributed by atoms with E-state index in [0.717, 1.165) is 11.4 Å². The van der Waals surface area contributed by atoms with E-state index in [1.54, 1.807) is 0 Å². The Morgan fingerprint density at radius 2 is 0.900 bits per heavy atom. The average Bonchev–Trinajstić information content (AvgIpc) is 3.42. The summed E-state index contributed by atoms with van der Waals surface area (Å²) in [5, 5.41) is 2.51. The van der Waals surface area contributed by atoms with Gasteiger partial charge in [-0.05, 0) is 96.7 Å². The van der Waals surface area contributed by atoms with Crippen LogP contribution in [0.25, 0.3) is 55.3 Å². The molecule has 0 N–H and O–H groups in total. The van der Waals surface area contributed by atoms with Gasteiger partial charge in [0.2, 0.25) is 0 Å². The molecule has 0 saturated carbocycles. The zero-order chi connectivity index (χ0) is 33.7. The second-order valence-corrected chi connectivity index (χ2v) is 13.8. The summed E-state index contributed by atoms with van der Waals surface area (Å²) >= 11 is 0. The predicted molar refractivity (Wildman–Crippen MR) is 213 cm³/mol. The minimum absolute atomic E-state index is 0.168. The molecule has 0 bridgehead atoms. The van der Waals surface area contributed by atoms with Gasteiger partial charge in [0.05, 0.1) is 5.69 Å². The zero-order valence-corrected chi connectivity index (χ0v) is 28.3. The highest BCUT2D eigenvalue weighted by Gasteiger charge is 2.38. The van der Waals surface area contributed by atoms with Crippen LogP contribution in [0.3, 0.4) is 0 Å². The Morgan fingerprint density at radius 1 is 0.380 bits per heavy atom. The third-order valence-electron chi connectivity index (χ3n) is 10.4. The van der Waals surface area contributed by atoms with Gasteiger partial charge < -0.3 is 4.90 Å². The third kappa shape index (κ3) is 5.02. The van der Waals surface area contributed by atoms with Crippen molar-refractivity contribution in [2.75, 3.05) is 4.90 Å². The fourth-order valence-corrected chi connectivity index (χ4v) is 8.03. The number of anilines is 3. The van der Waals surface area contributed by atoms with E-state index < -0.39 is 0 Å². The van der Waals surface area contributed by atoms with Crippen molar-refractivity contribution in [1.29, 1.82) is 0 Å². The fourth-order valence-electron chi connectivity index (χ4n) is 8.03. The molecule has 238 valence electrons. The minimum Gasteiger partial charge on any atom is -0.310 e. The van der Waals surface area contributed by atoms with Gasteiger partial charge in [0.15, 0.2) is 0 Å². The fraction of sp³-hybridized carbons (Fsp3) is 0.0612. The summed E-state index contributed by atoms with van der Waals surface area (Å²) in [7, 11) is 0. The lowest BCUT2D eigenvalue weighted by atomic mass is 9.81. The standard InChI is InChI=1S/C49H37N/c1-49(2)46-26-9-8-23-44(46)45-25-13-27-47(48(45)49)50(41-21-11-19-39(33-41)43-24-12-17-37-16-6-7-22-42(37)43)40-20-10-18-38(32-40)36-30-28-35(29-31-36)34-14-4-3-5-15-34/h3-33H,1-2H3. The Kier molecular flexibility index (Phi) is 7.21. The van der Waals surface area contributed by atoms with Crippen LogP contribution in [-0.4, -0.2) is 0 Å². The van der Waals surface area contributed by atoms with Crippen molar-refractivity contribution in [2.45, 2.75) is 19.3 Å². The minimum atomic E-state index is -0.168. The predicted octanol–water partition coefficient (Wildman–Crippen LogP) is 13.6. The summed E-state index contributed by atoms with van der Waals surface area (Å²) in [5.41, 5.74) is 15.9. The SMILES string of the molecule is CC1(C)c2ccccc2-c2cccc(N(c3cccc(-c4ccc(-c5ccccc5)cc4)c3)c3cccc(-c4cccc5ccccc45)c3)c21. The Bertz CT molecular complexity index is 2500. The molecule has 1 heteroatoms. The first-order valence-corrected chi connectivity index (χ1v) is 17.4. The highest BCUT2D eigenvalue weighted by Crippen LogP contribution is 2.54.